The number of amides is 2. The van der Waals surface area contributed by atoms with Gasteiger partial charge in [-0.2, -0.15) is 0 Å². The van der Waals surface area contributed by atoms with Gasteiger partial charge in [0.15, 0.2) is 0 Å². The van der Waals surface area contributed by atoms with Crippen LogP contribution < -0.4 is 10.2 Å². The fourth-order valence-corrected chi connectivity index (χ4v) is 3.08. The van der Waals surface area contributed by atoms with E-state index in [1.807, 2.05) is 43.3 Å². The fraction of sp³-hybridized carbons (Fsp3) is 0.333. The molecule has 0 bridgehead atoms. The molecule has 1 saturated heterocycles. The molecule has 2 amide bonds. The van der Waals surface area contributed by atoms with Gasteiger partial charge in [-0.25, -0.2) is 0 Å². The third-order valence-electron chi connectivity index (χ3n) is 4.74. The molecule has 1 heterocycles. The largest absolute Gasteiger partial charge is 0.352 e. The van der Waals surface area contributed by atoms with Crippen LogP contribution in [0.5, 0.6) is 0 Å². The van der Waals surface area contributed by atoms with Crippen LogP contribution in [0.3, 0.4) is 0 Å². The lowest BCUT2D eigenvalue weighted by atomic mass is 10.1. The molecule has 1 aliphatic rings. The Labute approximate surface area is 148 Å². The smallest absolute Gasteiger partial charge is 0.227 e. The van der Waals surface area contributed by atoms with E-state index in [-0.39, 0.29) is 24.2 Å². The molecule has 0 aromatic heterocycles. The lowest BCUT2D eigenvalue weighted by Gasteiger charge is -2.17. The molecule has 1 atom stereocenters. The molecule has 0 spiro atoms. The van der Waals surface area contributed by atoms with Crippen LogP contribution in [-0.4, -0.2) is 18.4 Å². The highest BCUT2D eigenvalue weighted by Crippen LogP contribution is 2.25. The average molecular weight is 336 g/mol. The molecule has 0 radical (unpaired) electrons. The Kier molecular flexibility index (Phi) is 5.17. The zero-order valence-electron chi connectivity index (χ0n) is 14.8. The summed E-state index contributed by atoms with van der Waals surface area (Å²) in [7, 11) is 0. The molecule has 2 aromatic carbocycles. The molecule has 1 N–H and O–H groups in total. The predicted molar refractivity (Wildman–Crippen MR) is 99.3 cm³/mol. The van der Waals surface area contributed by atoms with Crippen molar-refractivity contribution in [3.8, 4) is 0 Å². The minimum Gasteiger partial charge on any atom is -0.352 e. The summed E-state index contributed by atoms with van der Waals surface area (Å²) in [4.78, 5) is 26.4. The van der Waals surface area contributed by atoms with Crippen LogP contribution in [0.15, 0.2) is 48.5 Å². The molecule has 0 saturated carbocycles. The van der Waals surface area contributed by atoms with Crippen molar-refractivity contribution in [1.29, 1.82) is 0 Å². The molecule has 0 unspecified atom stereocenters. The minimum atomic E-state index is -0.288. The minimum absolute atomic E-state index is 0.0105. The van der Waals surface area contributed by atoms with Crippen molar-refractivity contribution < 1.29 is 9.59 Å². The molecule has 4 heteroatoms. The van der Waals surface area contributed by atoms with E-state index in [2.05, 4.69) is 24.4 Å². The second-order valence-electron chi connectivity index (χ2n) is 6.63. The van der Waals surface area contributed by atoms with Crippen LogP contribution in [0.1, 0.15) is 30.0 Å². The van der Waals surface area contributed by atoms with Crippen LogP contribution in [-0.2, 0) is 22.6 Å². The number of anilines is 1. The summed E-state index contributed by atoms with van der Waals surface area (Å²) in [5, 5.41) is 2.96. The van der Waals surface area contributed by atoms with E-state index < -0.39 is 0 Å². The maximum absolute atomic E-state index is 12.4. The maximum Gasteiger partial charge on any atom is 0.227 e. The van der Waals surface area contributed by atoms with Crippen LogP contribution in [0, 0.1) is 12.8 Å². The van der Waals surface area contributed by atoms with Crippen molar-refractivity contribution in [3.63, 3.8) is 0 Å². The van der Waals surface area contributed by atoms with E-state index in [4.69, 9.17) is 0 Å². The van der Waals surface area contributed by atoms with E-state index in [0.29, 0.717) is 13.1 Å². The predicted octanol–water partition coefficient (Wildman–Crippen LogP) is 3.23. The standard InChI is InChI=1S/C21H24N2O2/c1-3-16-6-8-17(9-7-16)13-22-21(25)18-12-20(24)23(14-18)19-10-4-15(2)5-11-19/h4-11,18H,3,12-14H2,1-2H3,(H,22,25)/t18-/m1/s1. The molecule has 2 aromatic rings. The summed E-state index contributed by atoms with van der Waals surface area (Å²) >= 11 is 0. The van der Waals surface area contributed by atoms with Gasteiger partial charge in [0.1, 0.15) is 0 Å². The first kappa shape index (κ1) is 17.2. The van der Waals surface area contributed by atoms with Crippen molar-refractivity contribution in [1.82, 2.24) is 5.32 Å². The summed E-state index contributed by atoms with van der Waals surface area (Å²) in [5.74, 6) is -0.331. The second kappa shape index (κ2) is 7.51. The van der Waals surface area contributed by atoms with Crippen molar-refractivity contribution in [2.75, 3.05) is 11.4 Å². The second-order valence-corrected chi connectivity index (χ2v) is 6.63. The van der Waals surface area contributed by atoms with E-state index in [0.717, 1.165) is 23.2 Å². The highest BCUT2D eigenvalue weighted by atomic mass is 16.2. The molecule has 0 aliphatic carbocycles. The summed E-state index contributed by atoms with van der Waals surface area (Å²) < 4.78 is 0. The van der Waals surface area contributed by atoms with E-state index in [9.17, 15) is 9.59 Å². The number of carbonyl (C=O) groups is 2. The fourth-order valence-electron chi connectivity index (χ4n) is 3.08. The topological polar surface area (TPSA) is 49.4 Å². The average Bonchev–Trinajstić information content (AvgIpc) is 3.02. The Morgan fingerprint density at radius 1 is 1.08 bits per heavy atom. The molecule has 4 nitrogen and oxygen atoms in total. The number of carbonyl (C=O) groups excluding carboxylic acids is 2. The maximum atomic E-state index is 12.4. The normalized spacial score (nSPS) is 17.0. The first-order chi connectivity index (χ1) is 12.1. The molecule has 130 valence electrons. The van der Waals surface area contributed by atoms with Gasteiger partial charge in [0.25, 0.3) is 0 Å². The Morgan fingerprint density at radius 2 is 1.72 bits per heavy atom. The number of nitrogens with one attached hydrogen (secondary N) is 1. The lowest BCUT2D eigenvalue weighted by molar-refractivity contribution is -0.126. The summed E-state index contributed by atoms with van der Waals surface area (Å²) in [6.45, 7) is 5.08. The monoisotopic (exact) mass is 336 g/mol. The zero-order chi connectivity index (χ0) is 17.8. The van der Waals surface area contributed by atoms with Gasteiger partial charge in [-0.15, -0.1) is 0 Å². The van der Waals surface area contributed by atoms with Gasteiger partial charge in [-0.3, -0.25) is 9.59 Å². The summed E-state index contributed by atoms with van der Waals surface area (Å²) in [6.07, 6.45) is 1.28. The first-order valence-corrected chi connectivity index (χ1v) is 8.79. The Balaban J connectivity index is 1.57. The number of nitrogens with zero attached hydrogens (tertiary/aromatic N) is 1. The molecular weight excluding hydrogens is 312 g/mol. The van der Waals surface area contributed by atoms with Crippen LogP contribution in [0.25, 0.3) is 0 Å². The van der Waals surface area contributed by atoms with Gasteiger partial charge in [0.05, 0.1) is 5.92 Å². The molecule has 3 rings (SSSR count). The molecular formula is C21H24N2O2. The Hall–Kier alpha value is -2.62. The molecule has 25 heavy (non-hydrogen) atoms. The lowest BCUT2D eigenvalue weighted by Crippen LogP contribution is -2.32. The van der Waals surface area contributed by atoms with E-state index in [1.54, 1.807) is 4.90 Å². The third kappa shape index (κ3) is 4.08. The van der Waals surface area contributed by atoms with Gasteiger partial charge in [-0.05, 0) is 36.6 Å². The third-order valence-corrected chi connectivity index (χ3v) is 4.74. The number of hydrogen-bond acceptors (Lipinski definition) is 2. The van der Waals surface area contributed by atoms with Crippen molar-refractivity contribution in [2.24, 2.45) is 5.92 Å². The van der Waals surface area contributed by atoms with Crippen molar-refractivity contribution in [2.45, 2.75) is 33.2 Å². The number of rotatable bonds is 5. The SMILES string of the molecule is CCc1ccc(CNC(=O)[C@@H]2CC(=O)N(c3ccc(C)cc3)C2)cc1. The zero-order valence-corrected chi connectivity index (χ0v) is 14.8. The Bertz CT molecular complexity index is 750. The quantitative estimate of drug-likeness (QED) is 0.911. The number of hydrogen-bond donors (Lipinski definition) is 1. The Morgan fingerprint density at radius 3 is 2.36 bits per heavy atom. The first-order valence-electron chi connectivity index (χ1n) is 8.79. The van der Waals surface area contributed by atoms with Gasteiger partial charge in [0, 0.05) is 25.2 Å². The molecule has 1 fully saturated rings. The summed E-state index contributed by atoms with van der Waals surface area (Å²) in [6, 6.07) is 16.1. The molecule has 1 aliphatic heterocycles. The summed E-state index contributed by atoms with van der Waals surface area (Å²) in [5.41, 5.74) is 4.37. The van der Waals surface area contributed by atoms with Gasteiger partial charge < -0.3 is 10.2 Å². The van der Waals surface area contributed by atoms with Crippen LogP contribution >= 0.6 is 0 Å². The van der Waals surface area contributed by atoms with Crippen molar-refractivity contribution in [3.05, 3.63) is 65.2 Å². The van der Waals surface area contributed by atoms with E-state index >= 15 is 0 Å². The van der Waals surface area contributed by atoms with E-state index in [1.165, 1.54) is 5.56 Å². The van der Waals surface area contributed by atoms with Crippen LogP contribution in [0.4, 0.5) is 5.69 Å². The van der Waals surface area contributed by atoms with Gasteiger partial charge in [0.2, 0.25) is 11.8 Å². The highest BCUT2D eigenvalue weighted by molar-refractivity contribution is 6.00. The van der Waals surface area contributed by atoms with Crippen LogP contribution in [0.2, 0.25) is 0 Å². The van der Waals surface area contributed by atoms with Crippen molar-refractivity contribution >= 4 is 17.5 Å². The number of benzene rings is 2. The van der Waals surface area contributed by atoms with Gasteiger partial charge in [-0.1, -0.05) is 48.9 Å². The van der Waals surface area contributed by atoms with Gasteiger partial charge >= 0.3 is 0 Å². The number of aryl methyl sites for hydroxylation is 2. The highest BCUT2D eigenvalue weighted by Gasteiger charge is 2.34.